The third kappa shape index (κ3) is 3.74. The molecule has 0 bridgehead atoms. The summed E-state index contributed by atoms with van der Waals surface area (Å²) >= 11 is 0. The van der Waals surface area contributed by atoms with Crippen molar-refractivity contribution in [2.45, 2.75) is 26.4 Å². The van der Waals surface area contributed by atoms with Crippen molar-refractivity contribution in [1.29, 1.82) is 5.41 Å². The van der Waals surface area contributed by atoms with Gasteiger partial charge in [0.15, 0.2) is 0 Å². The molecule has 3 rings (SSSR count). The van der Waals surface area contributed by atoms with Gasteiger partial charge in [0.1, 0.15) is 22.5 Å². The van der Waals surface area contributed by atoms with Gasteiger partial charge in [0, 0.05) is 5.56 Å². The smallest absolute Gasteiger partial charge is 0.349 e. The van der Waals surface area contributed by atoms with Crippen LogP contribution >= 0.6 is 0 Å². The topological polar surface area (TPSA) is 101 Å². The molecule has 0 aliphatic rings. The molecule has 2 N–H and O–H groups in total. The minimum absolute atomic E-state index is 0.192. The Morgan fingerprint density at radius 2 is 1.63 bits per heavy atom. The second-order valence-electron chi connectivity index (χ2n) is 7.06. The first-order valence-electron chi connectivity index (χ1n) is 8.35. The van der Waals surface area contributed by atoms with Crippen LogP contribution in [0.25, 0.3) is 11.0 Å². The van der Waals surface area contributed by atoms with Gasteiger partial charge in [0.25, 0.3) is 0 Å². The summed E-state index contributed by atoms with van der Waals surface area (Å²) in [5.74, 6) is -0.781. The van der Waals surface area contributed by atoms with Crippen molar-refractivity contribution in [1.82, 2.24) is 0 Å². The molecule has 0 atom stereocenters. The zero-order chi connectivity index (χ0) is 19.8. The van der Waals surface area contributed by atoms with Crippen LogP contribution in [0.3, 0.4) is 0 Å². The third-order valence-corrected chi connectivity index (χ3v) is 3.84. The average molecular weight is 365 g/mol. The van der Waals surface area contributed by atoms with Crippen LogP contribution in [0.4, 0.5) is 0 Å². The van der Waals surface area contributed by atoms with Gasteiger partial charge in [-0.2, -0.15) is 0 Å². The Labute approximate surface area is 155 Å². The monoisotopic (exact) mass is 365 g/mol. The lowest BCUT2D eigenvalue weighted by atomic mass is 10.0. The number of hydrogen-bond donors (Lipinski definition) is 2. The van der Waals surface area contributed by atoms with E-state index in [1.807, 2.05) is 0 Å². The highest BCUT2D eigenvalue weighted by atomic mass is 16.6. The first-order chi connectivity index (χ1) is 12.7. The summed E-state index contributed by atoms with van der Waals surface area (Å²) in [7, 11) is 0. The Hall–Kier alpha value is -3.41. The first kappa shape index (κ1) is 18.4. The molecule has 6 nitrogen and oxygen atoms in total. The molecule has 0 amide bonds. The Morgan fingerprint density at radius 3 is 2.26 bits per heavy atom. The van der Waals surface area contributed by atoms with E-state index in [1.165, 1.54) is 24.3 Å². The maximum atomic E-state index is 12.3. The van der Waals surface area contributed by atoms with Crippen molar-refractivity contribution < 1.29 is 19.1 Å². The lowest BCUT2D eigenvalue weighted by molar-refractivity contribution is 0.00695. The van der Waals surface area contributed by atoms with Crippen molar-refractivity contribution in [2.24, 2.45) is 0 Å². The Bertz CT molecular complexity index is 1090. The van der Waals surface area contributed by atoms with Crippen LogP contribution in [0, 0.1) is 5.41 Å². The van der Waals surface area contributed by atoms with E-state index in [0.717, 1.165) is 0 Å². The van der Waals surface area contributed by atoms with E-state index in [4.69, 9.17) is 14.6 Å². The molecule has 0 radical (unpaired) electrons. The third-order valence-electron chi connectivity index (χ3n) is 3.84. The quantitative estimate of drug-likeness (QED) is 0.417. The van der Waals surface area contributed by atoms with Crippen LogP contribution < -0.4 is 5.63 Å². The van der Waals surface area contributed by atoms with Crippen molar-refractivity contribution >= 4 is 22.7 Å². The van der Waals surface area contributed by atoms with Gasteiger partial charge in [-0.3, -0.25) is 5.41 Å². The molecule has 27 heavy (non-hydrogen) atoms. The summed E-state index contributed by atoms with van der Waals surface area (Å²) in [5.41, 5.74) is -0.889. The maximum Gasteiger partial charge on any atom is 0.349 e. The van der Waals surface area contributed by atoms with E-state index in [9.17, 15) is 14.7 Å². The van der Waals surface area contributed by atoms with E-state index >= 15 is 0 Å². The number of ether oxygens (including phenoxy) is 1. The number of nitrogens with one attached hydrogen (secondary N) is 1. The summed E-state index contributed by atoms with van der Waals surface area (Å²) in [6, 6.07) is 12.6. The van der Waals surface area contributed by atoms with Gasteiger partial charge in [-0.15, -0.1) is 0 Å². The predicted octanol–water partition coefficient (Wildman–Crippen LogP) is 3.87. The fourth-order valence-electron chi connectivity index (χ4n) is 2.61. The zero-order valence-electron chi connectivity index (χ0n) is 15.2. The SMILES string of the molecule is CC(C)(C)OC(=O)c1ccc(C(=N)c2c(O)c3ccccc3oc2=O)cc1. The van der Waals surface area contributed by atoms with Gasteiger partial charge >= 0.3 is 11.6 Å². The second kappa shape index (κ2) is 6.72. The van der Waals surface area contributed by atoms with Crippen LogP contribution in [-0.4, -0.2) is 22.4 Å². The summed E-state index contributed by atoms with van der Waals surface area (Å²) in [4.78, 5) is 24.3. The van der Waals surface area contributed by atoms with Gasteiger partial charge in [0.2, 0.25) is 0 Å². The highest BCUT2D eigenvalue weighted by Crippen LogP contribution is 2.27. The lowest BCUT2D eigenvalue weighted by Crippen LogP contribution is -2.24. The molecule has 0 saturated carbocycles. The van der Waals surface area contributed by atoms with E-state index < -0.39 is 17.2 Å². The van der Waals surface area contributed by atoms with Gasteiger partial charge in [-0.25, -0.2) is 9.59 Å². The van der Waals surface area contributed by atoms with Crippen LogP contribution in [-0.2, 0) is 4.74 Å². The number of esters is 1. The summed E-state index contributed by atoms with van der Waals surface area (Å²) in [6.45, 7) is 5.32. The van der Waals surface area contributed by atoms with Crippen molar-refractivity contribution in [3.8, 4) is 5.75 Å². The number of hydrogen-bond acceptors (Lipinski definition) is 6. The first-order valence-corrected chi connectivity index (χ1v) is 8.35. The van der Waals surface area contributed by atoms with E-state index in [2.05, 4.69) is 0 Å². The Kier molecular flexibility index (Phi) is 4.57. The van der Waals surface area contributed by atoms with Crippen LogP contribution in [0.5, 0.6) is 5.75 Å². The number of carbonyl (C=O) groups excluding carboxylic acids is 1. The predicted molar refractivity (Wildman–Crippen MR) is 102 cm³/mol. The van der Waals surface area contributed by atoms with E-state index in [-0.39, 0.29) is 22.6 Å². The number of rotatable bonds is 3. The zero-order valence-corrected chi connectivity index (χ0v) is 15.2. The largest absolute Gasteiger partial charge is 0.506 e. The van der Waals surface area contributed by atoms with Crippen molar-refractivity contribution in [2.75, 3.05) is 0 Å². The molecule has 0 fully saturated rings. The summed E-state index contributed by atoms with van der Waals surface area (Å²) < 4.78 is 10.5. The van der Waals surface area contributed by atoms with Crippen LogP contribution in [0.2, 0.25) is 0 Å². The van der Waals surface area contributed by atoms with Gasteiger partial charge in [-0.1, -0.05) is 24.3 Å². The molecule has 0 spiro atoms. The molecule has 6 heteroatoms. The standard InChI is InChI=1S/C21H19NO5/c1-21(2,3)27-19(24)13-10-8-12(9-11-13)17(22)16-18(23)14-6-4-5-7-15(14)26-20(16)25/h4-11,22-23H,1-3H3. The van der Waals surface area contributed by atoms with Crippen molar-refractivity contribution in [3.63, 3.8) is 0 Å². The number of carbonyl (C=O) groups is 1. The average Bonchev–Trinajstić information content (AvgIpc) is 2.60. The number of benzene rings is 2. The molecule has 2 aromatic carbocycles. The normalized spacial score (nSPS) is 11.4. The van der Waals surface area contributed by atoms with Gasteiger partial charge in [0.05, 0.1) is 16.7 Å². The molecular weight excluding hydrogens is 346 g/mol. The maximum absolute atomic E-state index is 12.3. The Balaban J connectivity index is 1.96. The molecule has 1 aromatic heterocycles. The highest BCUT2D eigenvalue weighted by molar-refractivity contribution is 6.14. The molecule has 0 aliphatic carbocycles. The van der Waals surface area contributed by atoms with Gasteiger partial charge < -0.3 is 14.3 Å². The molecule has 0 unspecified atom stereocenters. The fourth-order valence-corrected chi connectivity index (χ4v) is 2.61. The fraction of sp³-hybridized carbons (Fsp3) is 0.190. The van der Waals surface area contributed by atoms with Crippen molar-refractivity contribution in [3.05, 3.63) is 75.6 Å². The number of para-hydroxylation sites is 1. The second-order valence-corrected chi connectivity index (χ2v) is 7.06. The van der Waals surface area contributed by atoms with Gasteiger partial charge in [-0.05, 0) is 45.0 Å². The molecule has 138 valence electrons. The molecule has 1 heterocycles. The van der Waals surface area contributed by atoms with E-state index in [1.54, 1.807) is 45.0 Å². The summed E-state index contributed by atoms with van der Waals surface area (Å²) in [5, 5.41) is 19.1. The van der Waals surface area contributed by atoms with E-state index in [0.29, 0.717) is 16.5 Å². The molecule has 3 aromatic rings. The lowest BCUT2D eigenvalue weighted by Gasteiger charge is -2.19. The Morgan fingerprint density at radius 1 is 1.04 bits per heavy atom. The summed E-state index contributed by atoms with van der Waals surface area (Å²) in [6.07, 6.45) is 0. The van der Waals surface area contributed by atoms with Crippen LogP contribution in [0.1, 0.15) is 42.3 Å². The highest BCUT2D eigenvalue weighted by Gasteiger charge is 2.21. The minimum Gasteiger partial charge on any atom is -0.506 e. The number of fused-ring (bicyclic) bond motifs is 1. The molecule has 0 saturated heterocycles. The molecule has 0 aliphatic heterocycles. The minimum atomic E-state index is -0.799. The van der Waals surface area contributed by atoms with Crippen LogP contribution in [0.15, 0.2) is 57.7 Å². The number of aromatic hydroxyl groups is 1. The molecular formula is C21H19NO5.